The highest BCUT2D eigenvalue weighted by Gasteiger charge is 2.21. The van der Waals surface area contributed by atoms with Gasteiger partial charge < -0.3 is 10.2 Å². The predicted molar refractivity (Wildman–Crippen MR) is 85.5 cm³/mol. The van der Waals surface area contributed by atoms with E-state index in [0.717, 1.165) is 29.5 Å². The summed E-state index contributed by atoms with van der Waals surface area (Å²) in [7, 11) is 2.07. The Hall–Kier alpha value is -1.10. The molecule has 1 saturated carbocycles. The van der Waals surface area contributed by atoms with Crippen molar-refractivity contribution in [1.82, 2.24) is 10.3 Å². The van der Waals surface area contributed by atoms with Crippen LogP contribution in [-0.2, 0) is 13.1 Å². The number of halogens is 1. The Labute approximate surface area is 128 Å². The molecule has 0 atom stereocenters. The van der Waals surface area contributed by atoms with Crippen LogP contribution in [0.25, 0.3) is 0 Å². The van der Waals surface area contributed by atoms with Crippen LogP contribution >= 0.6 is 22.9 Å². The van der Waals surface area contributed by atoms with E-state index in [4.69, 9.17) is 11.6 Å². The molecule has 20 heavy (non-hydrogen) atoms. The monoisotopic (exact) mass is 307 g/mol. The third-order valence-electron chi connectivity index (χ3n) is 3.49. The van der Waals surface area contributed by atoms with Crippen LogP contribution in [0.15, 0.2) is 29.1 Å². The second-order valence-electron chi connectivity index (χ2n) is 5.24. The van der Waals surface area contributed by atoms with Crippen molar-refractivity contribution in [3.05, 3.63) is 45.4 Å². The molecule has 1 N–H and O–H groups in total. The fourth-order valence-electron chi connectivity index (χ4n) is 2.31. The molecular formula is C15H18ClN3S. The van der Waals surface area contributed by atoms with Gasteiger partial charge in [-0.1, -0.05) is 23.7 Å². The molecule has 3 nitrogen and oxygen atoms in total. The molecule has 1 fully saturated rings. The maximum absolute atomic E-state index is 6.41. The zero-order valence-corrected chi connectivity index (χ0v) is 13.0. The van der Waals surface area contributed by atoms with Gasteiger partial charge in [0.05, 0.1) is 28.5 Å². The third kappa shape index (κ3) is 3.32. The summed E-state index contributed by atoms with van der Waals surface area (Å²) in [6, 6.07) is 6.82. The molecule has 1 aliphatic carbocycles. The van der Waals surface area contributed by atoms with E-state index in [0.29, 0.717) is 6.04 Å². The van der Waals surface area contributed by atoms with Crippen LogP contribution in [0, 0.1) is 0 Å². The van der Waals surface area contributed by atoms with Gasteiger partial charge in [-0.05, 0) is 24.5 Å². The van der Waals surface area contributed by atoms with Crippen molar-refractivity contribution in [2.45, 2.75) is 32.0 Å². The molecule has 0 spiro atoms. The van der Waals surface area contributed by atoms with Gasteiger partial charge in [-0.25, -0.2) is 4.98 Å². The Balaban J connectivity index is 1.78. The van der Waals surface area contributed by atoms with Crippen molar-refractivity contribution in [2.24, 2.45) is 0 Å². The van der Waals surface area contributed by atoms with Gasteiger partial charge >= 0.3 is 0 Å². The standard InChI is InChI=1S/C15H18ClN3S/c1-19(8-13-9-20-10-18-13)15-11(3-2-4-14(15)16)7-17-12-5-6-12/h2-4,9-10,12,17H,5-8H2,1H3. The van der Waals surface area contributed by atoms with Crippen molar-refractivity contribution >= 4 is 28.6 Å². The van der Waals surface area contributed by atoms with Gasteiger partial charge in [-0.3, -0.25) is 0 Å². The normalized spacial score (nSPS) is 14.5. The Morgan fingerprint density at radius 1 is 1.45 bits per heavy atom. The molecular weight excluding hydrogens is 290 g/mol. The molecule has 106 valence electrons. The molecule has 0 aliphatic heterocycles. The van der Waals surface area contributed by atoms with E-state index in [9.17, 15) is 0 Å². The molecule has 1 aromatic carbocycles. The number of nitrogens with zero attached hydrogens (tertiary/aromatic N) is 2. The van der Waals surface area contributed by atoms with Crippen LogP contribution in [-0.4, -0.2) is 18.1 Å². The number of aromatic nitrogens is 1. The quantitative estimate of drug-likeness (QED) is 0.882. The lowest BCUT2D eigenvalue weighted by atomic mass is 10.1. The highest BCUT2D eigenvalue weighted by molar-refractivity contribution is 7.07. The van der Waals surface area contributed by atoms with E-state index >= 15 is 0 Å². The topological polar surface area (TPSA) is 28.2 Å². The van der Waals surface area contributed by atoms with Crippen molar-refractivity contribution in [3.8, 4) is 0 Å². The largest absolute Gasteiger partial charge is 0.367 e. The van der Waals surface area contributed by atoms with Crippen molar-refractivity contribution < 1.29 is 0 Å². The van der Waals surface area contributed by atoms with Gasteiger partial charge in [-0.2, -0.15) is 0 Å². The molecule has 0 bridgehead atoms. The van der Waals surface area contributed by atoms with Crippen molar-refractivity contribution in [3.63, 3.8) is 0 Å². The summed E-state index contributed by atoms with van der Waals surface area (Å²) in [4.78, 5) is 6.53. The Kier molecular flexibility index (Phi) is 4.24. The molecule has 3 rings (SSSR count). The van der Waals surface area contributed by atoms with Crippen LogP contribution in [0.5, 0.6) is 0 Å². The minimum absolute atomic E-state index is 0.700. The van der Waals surface area contributed by atoms with E-state index in [1.54, 1.807) is 11.3 Å². The van der Waals surface area contributed by atoms with E-state index in [-0.39, 0.29) is 0 Å². The smallest absolute Gasteiger partial charge is 0.0795 e. The summed E-state index contributed by atoms with van der Waals surface area (Å²) >= 11 is 8.03. The van der Waals surface area contributed by atoms with Crippen LogP contribution < -0.4 is 10.2 Å². The number of hydrogen-bond donors (Lipinski definition) is 1. The van der Waals surface area contributed by atoms with Gasteiger partial charge in [0.25, 0.3) is 0 Å². The highest BCUT2D eigenvalue weighted by Crippen LogP contribution is 2.31. The average Bonchev–Trinajstić information content (AvgIpc) is 3.13. The Bertz CT molecular complexity index is 567. The average molecular weight is 308 g/mol. The summed E-state index contributed by atoms with van der Waals surface area (Å²) in [5, 5.41) is 6.44. The first kappa shape index (κ1) is 13.9. The molecule has 0 unspecified atom stereocenters. The molecule has 1 heterocycles. The molecule has 2 aromatic rings. The predicted octanol–water partition coefficient (Wildman–Crippen LogP) is 3.68. The first-order valence-corrected chi connectivity index (χ1v) is 8.15. The minimum atomic E-state index is 0.700. The van der Waals surface area contributed by atoms with Crippen LogP contribution in [0.4, 0.5) is 5.69 Å². The lowest BCUT2D eigenvalue weighted by Gasteiger charge is -2.23. The maximum Gasteiger partial charge on any atom is 0.0795 e. The summed E-state index contributed by atoms with van der Waals surface area (Å²) in [5.74, 6) is 0. The SMILES string of the molecule is CN(Cc1cscn1)c1c(Cl)cccc1CNC1CC1. The molecule has 1 aromatic heterocycles. The number of anilines is 1. The molecule has 1 aliphatic rings. The van der Waals surface area contributed by atoms with Gasteiger partial charge in [0.15, 0.2) is 0 Å². The number of para-hydroxylation sites is 1. The summed E-state index contributed by atoms with van der Waals surface area (Å²) in [5.41, 5.74) is 5.31. The van der Waals surface area contributed by atoms with Crippen LogP contribution in [0.1, 0.15) is 24.1 Å². The number of benzene rings is 1. The van der Waals surface area contributed by atoms with Gasteiger partial charge in [0.2, 0.25) is 0 Å². The Morgan fingerprint density at radius 3 is 3.00 bits per heavy atom. The second-order valence-corrected chi connectivity index (χ2v) is 6.36. The fourth-order valence-corrected chi connectivity index (χ4v) is 3.20. The van der Waals surface area contributed by atoms with Gasteiger partial charge in [0, 0.05) is 25.0 Å². The zero-order valence-electron chi connectivity index (χ0n) is 11.5. The number of hydrogen-bond acceptors (Lipinski definition) is 4. The lowest BCUT2D eigenvalue weighted by molar-refractivity contribution is 0.685. The maximum atomic E-state index is 6.41. The van der Waals surface area contributed by atoms with Crippen LogP contribution in [0.2, 0.25) is 5.02 Å². The first-order valence-electron chi connectivity index (χ1n) is 6.83. The van der Waals surface area contributed by atoms with E-state index in [1.807, 2.05) is 17.6 Å². The van der Waals surface area contributed by atoms with Crippen LogP contribution in [0.3, 0.4) is 0 Å². The number of nitrogens with one attached hydrogen (secondary N) is 1. The summed E-state index contributed by atoms with van der Waals surface area (Å²) in [6.45, 7) is 1.66. The minimum Gasteiger partial charge on any atom is -0.367 e. The zero-order chi connectivity index (χ0) is 13.9. The second kappa shape index (κ2) is 6.12. The summed E-state index contributed by atoms with van der Waals surface area (Å²) < 4.78 is 0. The van der Waals surface area contributed by atoms with E-state index < -0.39 is 0 Å². The summed E-state index contributed by atoms with van der Waals surface area (Å²) in [6.07, 6.45) is 2.59. The van der Waals surface area contributed by atoms with E-state index in [1.165, 1.54) is 18.4 Å². The molecule has 0 radical (unpaired) electrons. The third-order valence-corrected chi connectivity index (χ3v) is 4.43. The Morgan fingerprint density at radius 2 is 2.30 bits per heavy atom. The fraction of sp³-hybridized carbons (Fsp3) is 0.400. The number of thiazole rings is 1. The van der Waals surface area contributed by atoms with Crippen molar-refractivity contribution in [2.75, 3.05) is 11.9 Å². The molecule has 0 amide bonds. The first-order chi connectivity index (χ1) is 9.74. The van der Waals surface area contributed by atoms with Gasteiger partial charge in [-0.15, -0.1) is 11.3 Å². The molecule has 5 heteroatoms. The van der Waals surface area contributed by atoms with Gasteiger partial charge in [0.1, 0.15) is 0 Å². The van der Waals surface area contributed by atoms with E-state index in [2.05, 4.69) is 33.7 Å². The van der Waals surface area contributed by atoms with Crippen molar-refractivity contribution in [1.29, 1.82) is 0 Å². The molecule has 0 saturated heterocycles. The number of rotatable bonds is 6. The lowest BCUT2D eigenvalue weighted by Crippen LogP contribution is -2.22. The highest BCUT2D eigenvalue weighted by atomic mass is 35.5.